The Morgan fingerprint density at radius 2 is 1.68 bits per heavy atom. The van der Waals surface area contributed by atoms with E-state index in [0.29, 0.717) is 24.1 Å². The van der Waals surface area contributed by atoms with Gasteiger partial charge in [-0.25, -0.2) is 0 Å². The minimum atomic E-state index is -4.46. The SMILES string of the molecule is O=C(Cn1nc(C(F)(F)F)c2c1CCCCC2)NC1CCCCCC1. The molecule has 3 rings (SSSR count). The van der Waals surface area contributed by atoms with Gasteiger partial charge in [-0.05, 0) is 38.5 Å². The van der Waals surface area contributed by atoms with Crippen LogP contribution in [-0.2, 0) is 30.4 Å². The average Bonchev–Trinajstić information content (AvgIpc) is 2.77. The third-order valence-electron chi connectivity index (χ3n) is 5.29. The Labute approximate surface area is 146 Å². The molecular weight excluding hydrogens is 331 g/mol. The van der Waals surface area contributed by atoms with Crippen molar-refractivity contribution >= 4 is 5.91 Å². The number of alkyl halides is 3. The lowest BCUT2D eigenvalue weighted by Gasteiger charge is -2.16. The van der Waals surface area contributed by atoms with Crippen molar-refractivity contribution in [3.63, 3.8) is 0 Å². The number of hydrogen-bond donors (Lipinski definition) is 1. The minimum Gasteiger partial charge on any atom is -0.352 e. The zero-order chi connectivity index (χ0) is 17.9. The second-order valence-corrected chi connectivity index (χ2v) is 7.25. The summed E-state index contributed by atoms with van der Waals surface area (Å²) in [6, 6.07) is 0.145. The Balaban J connectivity index is 1.75. The molecule has 1 N–H and O–H groups in total. The van der Waals surface area contributed by atoms with Crippen molar-refractivity contribution in [1.82, 2.24) is 15.1 Å². The van der Waals surface area contributed by atoms with E-state index in [1.54, 1.807) is 0 Å². The molecule has 0 unspecified atom stereocenters. The molecule has 0 spiro atoms. The number of hydrogen-bond acceptors (Lipinski definition) is 2. The molecule has 1 saturated carbocycles. The van der Waals surface area contributed by atoms with E-state index in [-0.39, 0.29) is 18.5 Å². The number of carbonyl (C=O) groups excluding carboxylic acids is 1. The van der Waals surface area contributed by atoms with Gasteiger partial charge in [0.15, 0.2) is 5.69 Å². The van der Waals surface area contributed by atoms with Crippen LogP contribution >= 0.6 is 0 Å². The van der Waals surface area contributed by atoms with Crippen LogP contribution in [0.3, 0.4) is 0 Å². The fraction of sp³-hybridized carbons (Fsp3) is 0.778. The summed E-state index contributed by atoms with van der Waals surface area (Å²) in [4.78, 5) is 12.4. The highest BCUT2D eigenvalue weighted by Crippen LogP contribution is 2.35. The fourth-order valence-electron chi connectivity index (χ4n) is 4.04. The Kier molecular flexibility index (Phi) is 5.69. The van der Waals surface area contributed by atoms with E-state index in [2.05, 4.69) is 10.4 Å². The van der Waals surface area contributed by atoms with E-state index in [4.69, 9.17) is 0 Å². The van der Waals surface area contributed by atoms with Crippen LogP contribution in [-0.4, -0.2) is 21.7 Å². The van der Waals surface area contributed by atoms with E-state index >= 15 is 0 Å². The number of rotatable bonds is 3. The lowest BCUT2D eigenvalue weighted by Crippen LogP contribution is -2.37. The van der Waals surface area contributed by atoms with Crippen molar-refractivity contribution in [2.24, 2.45) is 0 Å². The van der Waals surface area contributed by atoms with Gasteiger partial charge in [-0.3, -0.25) is 9.48 Å². The van der Waals surface area contributed by atoms with Crippen molar-refractivity contribution in [3.05, 3.63) is 17.0 Å². The molecule has 7 heteroatoms. The Morgan fingerprint density at radius 3 is 2.36 bits per heavy atom. The van der Waals surface area contributed by atoms with Crippen molar-refractivity contribution in [1.29, 1.82) is 0 Å². The van der Waals surface area contributed by atoms with Crippen LogP contribution < -0.4 is 5.32 Å². The van der Waals surface area contributed by atoms with Crippen LogP contribution in [0.1, 0.15) is 74.7 Å². The number of aromatic nitrogens is 2. The first-order valence-electron chi connectivity index (χ1n) is 9.40. The summed E-state index contributed by atoms with van der Waals surface area (Å²) in [6.45, 7) is -0.116. The molecule has 1 aromatic heterocycles. The predicted octanol–water partition coefficient (Wildman–Crippen LogP) is 4.01. The maximum atomic E-state index is 13.3. The van der Waals surface area contributed by atoms with Crippen molar-refractivity contribution in [3.8, 4) is 0 Å². The highest BCUT2D eigenvalue weighted by atomic mass is 19.4. The van der Waals surface area contributed by atoms with Crippen molar-refractivity contribution in [2.75, 3.05) is 0 Å². The first-order chi connectivity index (χ1) is 11.9. The lowest BCUT2D eigenvalue weighted by atomic mass is 10.1. The normalized spacial score (nSPS) is 19.8. The van der Waals surface area contributed by atoms with Gasteiger partial charge in [-0.2, -0.15) is 18.3 Å². The zero-order valence-electron chi connectivity index (χ0n) is 14.5. The standard InChI is InChI=1S/C18H26F3N3O/c19-18(20,21)17-14-10-6-3-7-11-15(14)24(23-17)12-16(25)22-13-8-4-1-2-5-9-13/h13H,1-12H2,(H,22,25). The maximum Gasteiger partial charge on any atom is 0.435 e. The second-order valence-electron chi connectivity index (χ2n) is 7.25. The maximum absolute atomic E-state index is 13.3. The molecular formula is C18H26F3N3O. The Bertz CT molecular complexity index is 601. The topological polar surface area (TPSA) is 46.9 Å². The minimum absolute atomic E-state index is 0.116. The van der Waals surface area contributed by atoms with Crippen LogP contribution in [0.4, 0.5) is 13.2 Å². The quantitative estimate of drug-likeness (QED) is 0.656. The van der Waals surface area contributed by atoms with Gasteiger partial charge in [0.25, 0.3) is 0 Å². The molecule has 1 fully saturated rings. The zero-order valence-corrected chi connectivity index (χ0v) is 14.5. The molecule has 0 bridgehead atoms. The van der Waals surface area contributed by atoms with Crippen LogP contribution in [0.2, 0.25) is 0 Å². The van der Waals surface area contributed by atoms with Gasteiger partial charge in [0, 0.05) is 17.3 Å². The van der Waals surface area contributed by atoms with Gasteiger partial charge in [0.2, 0.25) is 5.91 Å². The Morgan fingerprint density at radius 1 is 1.04 bits per heavy atom. The van der Waals surface area contributed by atoms with E-state index in [0.717, 1.165) is 44.9 Å². The molecule has 4 nitrogen and oxygen atoms in total. The first-order valence-corrected chi connectivity index (χ1v) is 9.40. The fourth-order valence-corrected chi connectivity index (χ4v) is 4.04. The average molecular weight is 357 g/mol. The summed E-state index contributed by atoms with van der Waals surface area (Å²) in [5, 5.41) is 6.78. The summed E-state index contributed by atoms with van der Waals surface area (Å²) in [5.41, 5.74) is 0.0970. The summed E-state index contributed by atoms with van der Waals surface area (Å²) in [7, 11) is 0. The highest BCUT2D eigenvalue weighted by Gasteiger charge is 2.39. The van der Waals surface area contributed by atoms with E-state index < -0.39 is 11.9 Å². The van der Waals surface area contributed by atoms with Crippen molar-refractivity contribution in [2.45, 2.75) is 89.4 Å². The molecule has 0 saturated heterocycles. The van der Waals surface area contributed by atoms with E-state index in [1.165, 1.54) is 17.5 Å². The third-order valence-corrected chi connectivity index (χ3v) is 5.29. The predicted molar refractivity (Wildman–Crippen MR) is 88.1 cm³/mol. The number of nitrogens with one attached hydrogen (secondary N) is 1. The van der Waals surface area contributed by atoms with Crippen molar-refractivity contribution < 1.29 is 18.0 Å². The summed E-state index contributed by atoms with van der Waals surface area (Å²) >= 11 is 0. The molecule has 25 heavy (non-hydrogen) atoms. The molecule has 1 amide bonds. The molecule has 0 radical (unpaired) electrons. The van der Waals surface area contributed by atoms with Gasteiger partial charge < -0.3 is 5.32 Å². The molecule has 2 aliphatic carbocycles. The largest absolute Gasteiger partial charge is 0.435 e. The van der Waals surface area contributed by atoms with Gasteiger partial charge >= 0.3 is 6.18 Å². The van der Waals surface area contributed by atoms with E-state index in [1.807, 2.05) is 0 Å². The van der Waals surface area contributed by atoms with Crippen LogP contribution in [0.25, 0.3) is 0 Å². The molecule has 2 aliphatic rings. The smallest absolute Gasteiger partial charge is 0.352 e. The third kappa shape index (κ3) is 4.55. The van der Waals surface area contributed by atoms with Gasteiger partial charge in [-0.15, -0.1) is 0 Å². The number of nitrogens with zero attached hydrogens (tertiary/aromatic N) is 2. The molecule has 140 valence electrons. The summed E-state index contributed by atoms with van der Waals surface area (Å²) < 4.78 is 41.2. The van der Waals surface area contributed by atoms with E-state index in [9.17, 15) is 18.0 Å². The van der Waals surface area contributed by atoms with Crippen LogP contribution in [0.15, 0.2) is 0 Å². The molecule has 0 aromatic carbocycles. The number of fused-ring (bicyclic) bond motifs is 1. The molecule has 0 aliphatic heterocycles. The van der Waals surface area contributed by atoms with Gasteiger partial charge in [0.05, 0.1) is 0 Å². The first kappa shape index (κ1) is 18.3. The van der Waals surface area contributed by atoms with Gasteiger partial charge in [-0.1, -0.05) is 32.1 Å². The Hall–Kier alpha value is -1.53. The number of amides is 1. The van der Waals surface area contributed by atoms with Gasteiger partial charge in [0.1, 0.15) is 6.54 Å². The summed E-state index contributed by atoms with van der Waals surface area (Å²) in [6.07, 6.45) is 5.49. The number of carbonyl (C=O) groups is 1. The molecule has 0 atom stereocenters. The number of halogens is 3. The highest BCUT2D eigenvalue weighted by molar-refractivity contribution is 5.76. The van der Waals surface area contributed by atoms with Crippen LogP contribution in [0.5, 0.6) is 0 Å². The lowest BCUT2D eigenvalue weighted by molar-refractivity contribution is -0.142. The monoisotopic (exact) mass is 357 g/mol. The molecule has 1 heterocycles. The molecule has 1 aromatic rings. The summed E-state index contributed by atoms with van der Waals surface area (Å²) in [5.74, 6) is -0.227. The van der Waals surface area contributed by atoms with Crippen LogP contribution in [0, 0.1) is 0 Å². The second kappa shape index (κ2) is 7.79.